The Bertz CT molecular complexity index is 1020. The molecule has 1 atom stereocenters. The van der Waals surface area contributed by atoms with Gasteiger partial charge >= 0.3 is 0 Å². The van der Waals surface area contributed by atoms with Crippen LogP contribution in [0.25, 0.3) is 0 Å². The van der Waals surface area contributed by atoms with Gasteiger partial charge in [-0.1, -0.05) is 55.0 Å². The van der Waals surface area contributed by atoms with E-state index < -0.39 is 0 Å². The van der Waals surface area contributed by atoms with Crippen molar-refractivity contribution in [3.63, 3.8) is 0 Å². The molecule has 1 aliphatic carbocycles. The summed E-state index contributed by atoms with van der Waals surface area (Å²) >= 11 is 1.82. The first-order chi connectivity index (χ1) is 15.1. The van der Waals surface area contributed by atoms with Crippen molar-refractivity contribution in [1.29, 1.82) is 0 Å². The van der Waals surface area contributed by atoms with Gasteiger partial charge in [0.25, 0.3) is 5.91 Å². The SMILES string of the molecule is CC[C@@H](NC(=O)c1ccc(CSc2ccc(C)cc2)cc1)c1ccc2c(c1)CCCC2. The Morgan fingerprint density at radius 1 is 0.935 bits per heavy atom. The van der Waals surface area contributed by atoms with E-state index in [1.54, 1.807) is 0 Å². The highest BCUT2D eigenvalue weighted by Gasteiger charge is 2.17. The molecule has 0 saturated carbocycles. The molecule has 0 heterocycles. The molecule has 0 spiro atoms. The Hall–Kier alpha value is -2.52. The number of hydrogen-bond acceptors (Lipinski definition) is 2. The van der Waals surface area contributed by atoms with Crippen LogP contribution in [0.4, 0.5) is 0 Å². The fraction of sp³-hybridized carbons (Fsp3) is 0.321. The summed E-state index contributed by atoms with van der Waals surface area (Å²) in [6, 6.07) is 23.5. The maximum absolute atomic E-state index is 12.9. The van der Waals surface area contributed by atoms with E-state index in [-0.39, 0.29) is 11.9 Å². The van der Waals surface area contributed by atoms with Gasteiger partial charge in [0, 0.05) is 16.2 Å². The van der Waals surface area contributed by atoms with Crippen LogP contribution in [0.2, 0.25) is 0 Å². The molecule has 1 amide bonds. The summed E-state index contributed by atoms with van der Waals surface area (Å²) in [5, 5.41) is 3.24. The van der Waals surface area contributed by atoms with Crippen molar-refractivity contribution in [1.82, 2.24) is 5.32 Å². The number of hydrogen-bond donors (Lipinski definition) is 1. The second kappa shape index (κ2) is 10.2. The number of aryl methyl sites for hydroxylation is 3. The third-order valence-electron chi connectivity index (χ3n) is 6.13. The van der Waals surface area contributed by atoms with Gasteiger partial charge in [0.2, 0.25) is 0 Å². The molecule has 160 valence electrons. The maximum atomic E-state index is 12.9. The predicted octanol–water partition coefficient (Wildman–Crippen LogP) is 7.05. The van der Waals surface area contributed by atoms with E-state index in [1.165, 1.54) is 52.0 Å². The summed E-state index contributed by atoms with van der Waals surface area (Å²) in [4.78, 5) is 14.1. The molecular weight excluding hydrogens is 398 g/mol. The monoisotopic (exact) mass is 429 g/mol. The van der Waals surface area contributed by atoms with Crippen LogP contribution in [0, 0.1) is 6.92 Å². The Morgan fingerprint density at radius 3 is 2.35 bits per heavy atom. The van der Waals surface area contributed by atoms with Gasteiger partial charge in [0.15, 0.2) is 0 Å². The quantitative estimate of drug-likeness (QED) is 0.408. The molecule has 3 aromatic carbocycles. The van der Waals surface area contributed by atoms with Crippen molar-refractivity contribution in [2.24, 2.45) is 0 Å². The first kappa shape index (κ1) is 21.7. The van der Waals surface area contributed by atoms with Gasteiger partial charge in [-0.2, -0.15) is 0 Å². The van der Waals surface area contributed by atoms with Crippen molar-refractivity contribution >= 4 is 17.7 Å². The Kier molecular flexibility index (Phi) is 7.14. The number of amides is 1. The van der Waals surface area contributed by atoms with Crippen molar-refractivity contribution in [3.8, 4) is 0 Å². The lowest BCUT2D eigenvalue weighted by atomic mass is 9.88. The number of thioether (sulfide) groups is 1. The zero-order valence-electron chi connectivity index (χ0n) is 18.5. The lowest BCUT2D eigenvalue weighted by Crippen LogP contribution is -2.28. The molecular formula is C28H31NOS. The lowest BCUT2D eigenvalue weighted by molar-refractivity contribution is 0.0935. The molecule has 0 saturated heterocycles. The number of carbonyl (C=O) groups excluding carboxylic acids is 1. The van der Waals surface area contributed by atoms with Crippen LogP contribution in [0.1, 0.15) is 70.4 Å². The molecule has 4 rings (SSSR count). The first-order valence-electron chi connectivity index (χ1n) is 11.3. The Labute approximate surface area is 190 Å². The van der Waals surface area contributed by atoms with Crippen molar-refractivity contribution in [2.45, 2.75) is 62.6 Å². The van der Waals surface area contributed by atoms with Gasteiger partial charge in [-0.3, -0.25) is 4.79 Å². The molecule has 0 aromatic heterocycles. The van der Waals surface area contributed by atoms with Crippen LogP contribution >= 0.6 is 11.8 Å². The minimum atomic E-state index is 0.00214. The van der Waals surface area contributed by atoms with E-state index in [4.69, 9.17) is 0 Å². The fourth-order valence-electron chi connectivity index (χ4n) is 4.19. The van der Waals surface area contributed by atoms with Crippen LogP contribution in [-0.2, 0) is 18.6 Å². The number of nitrogens with one attached hydrogen (secondary N) is 1. The van der Waals surface area contributed by atoms with Crippen LogP contribution in [-0.4, -0.2) is 5.91 Å². The fourth-order valence-corrected chi connectivity index (χ4v) is 5.04. The van der Waals surface area contributed by atoms with Crippen LogP contribution in [0.15, 0.2) is 71.6 Å². The van der Waals surface area contributed by atoms with Gasteiger partial charge in [-0.05, 0) is 85.5 Å². The Balaban J connectivity index is 1.37. The maximum Gasteiger partial charge on any atom is 0.251 e. The number of rotatable bonds is 7. The van der Waals surface area contributed by atoms with E-state index >= 15 is 0 Å². The largest absolute Gasteiger partial charge is 0.345 e. The molecule has 0 aliphatic heterocycles. The highest BCUT2D eigenvalue weighted by atomic mass is 32.2. The smallest absolute Gasteiger partial charge is 0.251 e. The topological polar surface area (TPSA) is 29.1 Å². The molecule has 31 heavy (non-hydrogen) atoms. The summed E-state index contributed by atoms with van der Waals surface area (Å²) < 4.78 is 0. The van der Waals surface area contributed by atoms with Crippen molar-refractivity contribution < 1.29 is 4.79 Å². The van der Waals surface area contributed by atoms with E-state index in [0.717, 1.165) is 24.2 Å². The predicted molar refractivity (Wildman–Crippen MR) is 131 cm³/mol. The number of carbonyl (C=O) groups is 1. The van der Waals surface area contributed by atoms with E-state index in [1.807, 2.05) is 23.9 Å². The van der Waals surface area contributed by atoms with Crippen LogP contribution in [0.3, 0.4) is 0 Å². The summed E-state index contributed by atoms with van der Waals surface area (Å²) in [5.41, 5.74) is 7.40. The van der Waals surface area contributed by atoms with Gasteiger partial charge in [0.05, 0.1) is 6.04 Å². The van der Waals surface area contributed by atoms with Gasteiger partial charge in [0.1, 0.15) is 0 Å². The third kappa shape index (κ3) is 5.59. The molecule has 2 nitrogen and oxygen atoms in total. The Morgan fingerprint density at radius 2 is 1.65 bits per heavy atom. The standard InChI is InChI=1S/C28H31NOS/c1-3-27(25-15-14-22-6-4-5-7-24(22)18-25)29-28(30)23-12-10-21(11-13-23)19-31-26-16-8-20(2)9-17-26/h8-18,27H,3-7,19H2,1-2H3,(H,29,30)/t27-/m1/s1. The molecule has 1 aliphatic rings. The zero-order valence-corrected chi connectivity index (χ0v) is 19.3. The highest BCUT2D eigenvalue weighted by molar-refractivity contribution is 7.98. The average molecular weight is 430 g/mol. The molecule has 0 unspecified atom stereocenters. The average Bonchev–Trinajstić information content (AvgIpc) is 2.82. The van der Waals surface area contributed by atoms with Crippen molar-refractivity contribution in [3.05, 3.63) is 100 Å². The van der Waals surface area contributed by atoms with E-state index in [2.05, 4.69) is 73.8 Å². The van der Waals surface area contributed by atoms with Crippen LogP contribution in [0.5, 0.6) is 0 Å². The summed E-state index contributed by atoms with van der Waals surface area (Å²) in [6.07, 6.45) is 5.80. The first-order valence-corrected chi connectivity index (χ1v) is 12.3. The minimum Gasteiger partial charge on any atom is -0.345 e. The normalized spacial score (nSPS) is 14.0. The number of fused-ring (bicyclic) bond motifs is 1. The van der Waals surface area contributed by atoms with Gasteiger partial charge in [-0.25, -0.2) is 0 Å². The third-order valence-corrected chi connectivity index (χ3v) is 7.21. The van der Waals surface area contributed by atoms with Crippen LogP contribution < -0.4 is 5.32 Å². The summed E-state index contributed by atoms with van der Waals surface area (Å²) in [6.45, 7) is 4.24. The lowest BCUT2D eigenvalue weighted by Gasteiger charge is -2.22. The molecule has 1 N–H and O–H groups in total. The molecule has 0 fully saturated rings. The molecule has 3 aromatic rings. The van der Waals surface area contributed by atoms with Gasteiger partial charge < -0.3 is 5.32 Å². The second-order valence-electron chi connectivity index (χ2n) is 8.47. The summed E-state index contributed by atoms with van der Waals surface area (Å²) in [5.74, 6) is 0.903. The van der Waals surface area contributed by atoms with E-state index in [9.17, 15) is 4.79 Å². The van der Waals surface area contributed by atoms with E-state index in [0.29, 0.717) is 0 Å². The molecule has 3 heteroatoms. The van der Waals surface area contributed by atoms with Crippen molar-refractivity contribution in [2.75, 3.05) is 0 Å². The van der Waals surface area contributed by atoms with Gasteiger partial charge in [-0.15, -0.1) is 11.8 Å². The second-order valence-corrected chi connectivity index (χ2v) is 9.52. The zero-order chi connectivity index (χ0) is 21.6. The number of benzene rings is 3. The molecule has 0 bridgehead atoms. The highest BCUT2D eigenvalue weighted by Crippen LogP contribution is 2.27. The molecule has 0 radical (unpaired) electrons. The minimum absolute atomic E-state index is 0.00214. The summed E-state index contributed by atoms with van der Waals surface area (Å²) in [7, 11) is 0.